The zero-order chi connectivity index (χ0) is 40.8. The van der Waals surface area contributed by atoms with Crippen molar-refractivity contribution in [3.8, 4) is 38.5 Å². The number of rotatable bonds is 6. The van der Waals surface area contributed by atoms with E-state index in [0.717, 1.165) is 38.3 Å². The van der Waals surface area contributed by atoms with Crippen molar-refractivity contribution in [1.29, 1.82) is 0 Å². The van der Waals surface area contributed by atoms with Crippen molar-refractivity contribution in [2.24, 2.45) is 51.2 Å². The Morgan fingerprint density at radius 2 is 1.38 bits per heavy atom. The maximum atomic E-state index is 13.8. The van der Waals surface area contributed by atoms with Crippen LogP contribution in [0.4, 0.5) is 0 Å². The van der Waals surface area contributed by atoms with Crippen LogP contribution in [0.1, 0.15) is 142 Å². The van der Waals surface area contributed by atoms with Gasteiger partial charge in [-0.05, 0) is 141 Å². The first-order valence-electron chi connectivity index (χ1n) is 20.2. The lowest BCUT2D eigenvalue weighted by atomic mass is 9.36. The van der Waals surface area contributed by atoms with Gasteiger partial charge in [-0.15, -0.1) is 38.5 Å². The van der Waals surface area contributed by atoms with Gasteiger partial charge < -0.3 is 15.3 Å². The fourth-order valence-electron chi connectivity index (χ4n) is 12.1. The van der Waals surface area contributed by atoms with Crippen LogP contribution in [-0.2, 0) is 4.79 Å². The molecular weight excluding hydrogens is 653 g/mol. The van der Waals surface area contributed by atoms with E-state index in [2.05, 4.69) is 110 Å². The second-order valence-corrected chi connectivity index (χ2v) is 16.9. The molecule has 5 nitrogen and oxygen atoms in total. The molecule has 4 saturated carbocycles. The van der Waals surface area contributed by atoms with Gasteiger partial charge >= 0.3 is 5.97 Å². The normalized spacial score (nSPS) is 32.5. The molecule has 5 heteroatoms. The summed E-state index contributed by atoms with van der Waals surface area (Å²) in [5.41, 5.74) is 3.44. The maximum Gasteiger partial charge on any atom is 0.335 e. The number of aromatic carboxylic acids is 1. The van der Waals surface area contributed by atoms with Gasteiger partial charge in [0.1, 0.15) is 0 Å². The van der Waals surface area contributed by atoms with Crippen LogP contribution in [0.3, 0.4) is 0 Å². The number of carbonyl (C=O) groups excluding carboxylic acids is 1. The number of carboxylic acid groups (broad SMARTS) is 1. The molecule has 5 aliphatic rings. The summed E-state index contributed by atoms with van der Waals surface area (Å²) in [6, 6.07) is 7.56. The summed E-state index contributed by atoms with van der Waals surface area (Å²) < 4.78 is 0. The van der Waals surface area contributed by atoms with E-state index >= 15 is 0 Å². The first kappa shape index (κ1) is 47.6. The molecule has 0 spiro atoms. The van der Waals surface area contributed by atoms with Crippen molar-refractivity contribution >= 4 is 17.4 Å². The highest BCUT2D eigenvalue weighted by molar-refractivity contribution is 5.88. The third kappa shape index (κ3) is 9.26. The lowest BCUT2D eigenvalue weighted by Crippen LogP contribution is -2.62. The SMILES string of the molecule is C#C.C#C.C#C.CC.CCC.CN(C)CCNC(=O)[C@]12CCCC1[C@H]1CCC3[C@@](C)(CCC4C(C)(C)C(c5ccc(C(=O)O)cc5)=CC[C@@]43C)C1CC2. The molecule has 1 aromatic rings. The quantitative estimate of drug-likeness (QED) is 0.286. The van der Waals surface area contributed by atoms with E-state index in [9.17, 15) is 14.7 Å². The average molecular weight is 727 g/mol. The van der Waals surface area contributed by atoms with Gasteiger partial charge in [-0.25, -0.2) is 4.79 Å². The van der Waals surface area contributed by atoms with E-state index in [1.165, 1.54) is 62.5 Å². The molecule has 8 atom stereocenters. The van der Waals surface area contributed by atoms with Crippen LogP contribution in [0.25, 0.3) is 5.57 Å². The van der Waals surface area contributed by atoms with Crippen molar-refractivity contribution < 1.29 is 14.7 Å². The zero-order valence-corrected chi connectivity index (χ0v) is 35.1. The molecule has 0 bridgehead atoms. The van der Waals surface area contributed by atoms with Crippen LogP contribution in [0, 0.1) is 89.8 Å². The van der Waals surface area contributed by atoms with E-state index < -0.39 is 5.97 Å². The summed E-state index contributed by atoms with van der Waals surface area (Å²) in [6.45, 7) is 20.1. The molecule has 0 aromatic heterocycles. The summed E-state index contributed by atoms with van der Waals surface area (Å²) in [7, 11) is 4.15. The molecule has 1 aromatic carbocycles. The fraction of sp³-hybridized carbons (Fsp3) is 0.667. The van der Waals surface area contributed by atoms with Gasteiger partial charge in [0.15, 0.2) is 0 Å². The molecule has 53 heavy (non-hydrogen) atoms. The summed E-state index contributed by atoms with van der Waals surface area (Å²) in [6.07, 6.45) is 39.9. The third-order valence-electron chi connectivity index (χ3n) is 13.8. The Bertz CT molecular complexity index is 1390. The van der Waals surface area contributed by atoms with Crippen LogP contribution >= 0.6 is 0 Å². The smallest absolute Gasteiger partial charge is 0.335 e. The van der Waals surface area contributed by atoms with E-state index in [1.54, 1.807) is 12.1 Å². The van der Waals surface area contributed by atoms with Crippen LogP contribution in [0.15, 0.2) is 30.3 Å². The van der Waals surface area contributed by atoms with Gasteiger partial charge in [0.05, 0.1) is 11.0 Å². The van der Waals surface area contributed by atoms with E-state index in [1.807, 2.05) is 26.0 Å². The number of hydrogen-bond donors (Lipinski definition) is 2. The molecule has 4 fully saturated rings. The van der Waals surface area contributed by atoms with Gasteiger partial charge in [0.2, 0.25) is 5.91 Å². The van der Waals surface area contributed by atoms with Gasteiger partial charge in [-0.2, -0.15) is 0 Å². The Morgan fingerprint density at radius 1 is 0.792 bits per heavy atom. The number of nitrogens with one attached hydrogen (secondary N) is 1. The molecule has 294 valence electrons. The van der Waals surface area contributed by atoms with Crippen LogP contribution in [0.2, 0.25) is 0 Å². The minimum Gasteiger partial charge on any atom is -0.478 e. The van der Waals surface area contributed by atoms with Crippen molar-refractivity contribution in [1.82, 2.24) is 10.2 Å². The number of benzene rings is 1. The molecule has 2 N–H and O–H groups in total. The first-order chi connectivity index (χ1) is 25.3. The standard InChI is InChI=1S/C37H54N2O3.C3H8.C2H6.3C2H2/c1-34(2)27(24-9-11-25(12-10-24)32(40)41)15-19-36(4)30(34)17-20-35(3)28-16-21-37(33(42)38-22-23-39(5)6)18-7-8-29(37)26(28)13-14-31(35)36;1-3-2;4*1-2/h9-12,15,26,28-31H,7-8,13-14,16-23H2,1-6H3,(H,38,42)(H,40,41);3H2,1-2H3;1-2H3;3*1-2H/t26-,28?,29?,30?,31?,35-,36-,37-;;;;;/m0...../s1. The predicted octanol–water partition coefficient (Wildman–Crippen LogP) is 10.7. The van der Waals surface area contributed by atoms with E-state index in [-0.39, 0.29) is 16.2 Å². The summed E-state index contributed by atoms with van der Waals surface area (Å²) in [5, 5.41) is 12.8. The average Bonchev–Trinajstić information content (AvgIpc) is 3.61. The second-order valence-electron chi connectivity index (χ2n) is 16.9. The minimum absolute atomic E-state index is 0.0355. The number of fused-ring (bicyclic) bond motifs is 7. The highest BCUT2D eigenvalue weighted by Gasteiger charge is 2.66. The summed E-state index contributed by atoms with van der Waals surface area (Å²) in [5.74, 6) is 2.79. The lowest BCUT2D eigenvalue weighted by molar-refractivity contribution is -0.181. The van der Waals surface area contributed by atoms with Gasteiger partial charge in [-0.1, -0.05) is 86.4 Å². The molecule has 6 rings (SSSR count). The largest absolute Gasteiger partial charge is 0.478 e. The predicted molar refractivity (Wildman–Crippen MR) is 226 cm³/mol. The molecule has 0 radical (unpaired) electrons. The molecular formula is C48H74N2O3. The second kappa shape index (κ2) is 20.8. The van der Waals surface area contributed by atoms with Crippen LogP contribution in [0.5, 0.6) is 0 Å². The van der Waals surface area contributed by atoms with E-state index in [0.29, 0.717) is 40.6 Å². The molecule has 4 unspecified atom stereocenters. The monoisotopic (exact) mass is 727 g/mol. The van der Waals surface area contributed by atoms with Gasteiger partial charge in [0.25, 0.3) is 0 Å². The molecule has 5 aliphatic carbocycles. The Labute approximate surface area is 325 Å². The lowest BCUT2D eigenvalue weighted by Gasteiger charge is -2.68. The van der Waals surface area contributed by atoms with Crippen molar-refractivity contribution in [3.05, 3.63) is 41.5 Å². The maximum absolute atomic E-state index is 13.8. The highest BCUT2D eigenvalue weighted by Crippen LogP contribution is 2.73. The minimum atomic E-state index is -0.865. The Kier molecular flexibility index (Phi) is 18.7. The number of terminal acetylenes is 3. The van der Waals surface area contributed by atoms with Crippen molar-refractivity contribution in [2.75, 3.05) is 27.2 Å². The number of likely N-dealkylation sites (N-methyl/N-ethyl adjacent to an activating group) is 1. The molecule has 0 saturated heterocycles. The number of amides is 1. The third-order valence-corrected chi connectivity index (χ3v) is 13.8. The van der Waals surface area contributed by atoms with Crippen molar-refractivity contribution in [3.63, 3.8) is 0 Å². The van der Waals surface area contributed by atoms with Crippen LogP contribution < -0.4 is 5.32 Å². The molecule has 0 aliphatic heterocycles. The topological polar surface area (TPSA) is 69.6 Å². The molecule has 1 amide bonds. The molecule has 0 heterocycles. The Balaban J connectivity index is 0.00000116. The van der Waals surface area contributed by atoms with Gasteiger partial charge in [0, 0.05) is 13.1 Å². The van der Waals surface area contributed by atoms with E-state index in [4.69, 9.17) is 0 Å². The number of carboxylic acids is 1. The van der Waals surface area contributed by atoms with Crippen LogP contribution in [-0.4, -0.2) is 49.1 Å². The first-order valence-corrected chi connectivity index (χ1v) is 20.2. The van der Waals surface area contributed by atoms with Crippen molar-refractivity contribution in [2.45, 2.75) is 126 Å². The number of allylic oxidation sites excluding steroid dienone is 2. The summed E-state index contributed by atoms with van der Waals surface area (Å²) in [4.78, 5) is 27.4. The van der Waals surface area contributed by atoms with Gasteiger partial charge in [-0.3, -0.25) is 4.79 Å². The number of nitrogens with zero attached hydrogens (tertiary/aromatic N) is 1. The number of hydrogen-bond acceptors (Lipinski definition) is 3. The highest BCUT2D eigenvalue weighted by atomic mass is 16.4. The Hall–Kier alpha value is -3.46. The summed E-state index contributed by atoms with van der Waals surface area (Å²) >= 11 is 0. The Morgan fingerprint density at radius 3 is 1.92 bits per heavy atom. The zero-order valence-electron chi connectivity index (χ0n) is 35.1. The number of carbonyl (C=O) groups is 2. The fourth-order valence-corrected chi connectivity index (χ4v) is 12.1.